The van der Waals surface area contributed by atoms with Crippen LogP contribution in [0.15, 0.2) is 42.5 Å². The third-order valence-corrected chi connectivity index (χ3v) is 3.60. The normalized spacial score (nSPS) is 14.3. The summed E-state index contributed by atoms with van der Waals surface area (Å²) >= 11 is 0. The van der Waals surface area contributed by atoms with Crippen molar-refractivity contribution in [1.29, 1.82) is 0 Å². The zero-order chi connectivity index (χ0) is 19.6. The minimum Gasteiger partial charge on any atom is -0.464 e. The number of carbonyl (C=O) groups is 2. The summed E-state index contributed by atoms with van der Waals surface area (Å²) in [5.41, 5.74) is 1.30. The number of aliphatic hydroxyl groups excluding tert-OH is 1. The topological polar surface area (TPSA) is 72.8 Å². The highest BCUT2D eigenvalue weighted by molar-refractivity contribution is 5.82. The average molecular weight is 360 g/mol. The molecule has 0 radical (unpaired) electrons. The van der Waals surface area contributed by atoms with Crippen LogP contribution in [0.2, 0.25) is 0 Å². The molecule has 0 aromatic heterocycles. The standard InChI is InChI=1S/C21H28O5/c1-16(8-9-17-10-12-18(14-22)13-11-17)19(25-15-23)6-5-7-20(24)26-21(2,3)4/h5,7-13,15-16,19,22H,6,14H2,1-4H3/b7-5+,9-8+/t16-,19+/m1/s1. The van der Waals surface area contributed by atoms with Crippen LogP contribution in [0, 0.1) is 5.92 Å². The molecule has 0 amide bonds. The van der Waals surface area contributed by atoms with E-state index in [2.05, 4.69) is 0 Å². The first kappa shape index (κ1) is 21.6. The number of hydrogen-bond acceptors (Lipinski definition) is 5. The Morgan fingerprint density at radius 2 is 1.88 bits per heavy atom. The maximum atomic E-state index is 11.7. The van der Waals surface area contributed by atoms with Crippen molar-refractivity contribution in [3.05, 3.63) is 53.6 Å². The van der Waals surface area contributed by atoms with E-state index in [1.165, 1.54) is 6.08 Å². The van der Waals surface area contributed by atoms with Crippen molar-refractivity contribution in [3.8, 4) is 0 Å². The minimum absolute atomic E-state index is 0.0135. The summed E-state index contributed by atoms with van der Waals surface area (Å²) < 4.78 is 10.3. The summed E-state index contributed by atoms with van der Waals surface area (Å²) in [6.07, 6.45) is 6.93. The van der Waals surface area contributed by atoms with Crippen LogP contribution in [-0.2, 0) is 25.7 Å². The van der Waals surface area contributed by atoms with E-state index in [1.54, 1.807) is 26.8 Å². The quantitative estimate of drug-likeness (QED) is 0.413. The second-order valence-electron chi connectivity index (χ2n) is 7.06. The highest BCUT2D eigenvalue weighted by Gasteiger charge is 2.16. The van der Waals surface area contributed by atoms with E-state index in [0.717, 1.165) is 11.1 Å². The van der Waals surface area contributed by atoms with E-state index in [-0.39, 0.29) is 18.6 Å². The van der Waals surface area contributed by atoms with E-state index in [0.29, 0.717) is 12.9 Å². The third-order valence-electron chi connectivity index (χ3n) is 3.60. The molecule has 0 fully saturated rings. The van der Waals surface area contributed by atoms with Crippen LogP contribution in [0.1, 0.15) is 45.2 Å². The Morgan fingerprint density at radius 3 is 2.42 bits per heavy atom. The number of ether oxygens (including phenoxy) is 2. The van der Waals surface area contributed by atoms with Crippen molar-refractivity contribution < 1.29 is 24.2 Å². The van der Waals surface area contributed by atoms with Gasteiger partial charge in [-0.3, -0.25) is 4.79 Å². The molecule has 0 aliphatic heterocycles. The van der Waals surface area contributed by atoms with Crippen LogP contribution >= 0.6 is 0 Å². The molecule has 5 heteroatoms. The van der Waals surface area contributed by atoms with E-state index >= 15 is 0 Å². The zero-order valence-electron chi connectivity index (χ0n) is 15.8. The Hall–Kier alpha value is -2.40. The molecule has 0 aliphatic carbocycles. The highest BCUT2D eigenvalue weighted by Crippen LogP contribution is 2.16. The Morgan fingerprint density at radius 1 is 1.23 bits per heavy atom. The third kappa shape index (κ3) is 8.62. The number of benzene rings is 1. The van der Waals surface area contributed by atoms with Crippen molar-refractivity contribution in [2.24, 2.45) is 5.92 Å². The number of carbonyl (C=O) groups excluding carboxylic acids is 2. The Labute approximate surface area is 155 Å². The van der Waals surface area contributed by atoms with Crippen molar-refractivity contribution in [1.82, 2.24) is 0 Å². The van der Waals surface area contributed by atoms with Gasteiger partial charge in [-0.2, -0.15) is 0 Å². The molecule has 0 aliphatic rings. The molecule has 0 spiro atoms. The van der Waals surface area contributed by atoms with Gasteiger partial charge in [0.1, 0.15) is 11.7 Å². The summed E-state index contributed by atoms with van der Waals surface area (Å²) in [6.45, 7) is 7.78. The summed E-state index contributed by atoms with van der Waals surface area (Å²) in [5.74, 6) is -0.462. The van der Waals surface area contributed by atoms with Crippen LogP contribution in [-0.4, -0.2) is 29.3 Å². The molecule has 0 saturated heterocycles. The average Bonchev–Trinajstić information content (AvgIpc) is 2.57. The fourth-order valence-electron chi connectivity index (χ4n) is 2.22. The SMILES string of the molecule is C[C@H](/C=C/c1ccc(CO)cc1)[C@H](C/C=C/C(=O)OC(C)(C)C)OC=O. The lowest BCUT2D eigenvalue weighted by molar-refractivity contribution is -0.148. The monoisotopic (exact) mass is 360 g/mol. The van der Waals surface area contributed by atoms with Crippen LogP contribution in [0.3, 0.4) is 0 Å². The molecule has 1 aromatic rings. The second-order valence-corrected chi connectivity index (χ2v) is 7.06. The van der Waals surface area contributed by atoms with Crippen molar-refractivity contribution >= 4 is 18.5 Å². The number of rotatable bonds is 9. The number of hydrogen-bond donors (Lipinski definition) is 1. The first-order valence-corrected chi connectivity index (χ1v) is 8.62. The van der Waals surface area contributed by atoms with Crippen LogP contribution < -0.4 is 0 Å². The van der Waals surface area contributed by atoms with Gasteiger partial charge < -0.3 is 14.6 Å². The number of esters is 1. The van der Waals surface area contributed by atoms with Gasteiger partial charge in [0, 0.05) is 18.4 Å². The lowest BCUT2D eigenvalue weighted by Gasteiger charge is -2.19. The molecule has 0 heterocycles. The van der Waals surface area contributed by atoms with Gasteiger partial charge in [0.15, 0.2) is 0 Å². The van der Waals surface area contributed by atoms with Gasteiger partial charge in [0.25, 0.3) is 6.47 Å². The molecule has 1 rings (SSSR count). The van der Waals surface area contributed by atoms with E-state index < -0.39 is 11.6 Å². The molecule has 26 heavy (non-hydrogen) atoms. The zero-order valence-corrected chi connectivity index (χ0v) is 15.8. The van der Waals surface area contributed by atoms with Gasteiger partial charge in [-0.05, 0) is 31.9 Å². The lowest BCUT2D eigenvalue weighted by Crippen LogP contribution is -2.23. The smallest absolute Gasteiger partial charge is 0.330 e. The summed E-state index contributed by atoms with van der Waals surface area (Å²) in [7, 11) is 0. The van der Waals surface area contributed by atoms with Gasteiger partial charge >= 0.3 is 5.97 Å². The van der Waals surface area contributed by atoms with Gasteiger partial charge in [0.2, 0.25) is 0 Å². The summed E-state index contributed by atoms with van der Waals surface area (Å²) in [5, 5.41) is 9.06. The first-order chi connectivity index (χ1) is 12.2. The van der Waals surface area contributed by atoms with Gasteiger partial charge in [-0.25, -0.2) is 4.79 Å². The molecule has 2 atom stereocenters. The lowest BCUT2D eigenvalue weighted by atomic mass is 9.99. The second kappa shape index (κ2) is 10.6. The molecule has 0 unspecified atom stereocenters. The van der Waals surface area contributed by atoms with Crippen molar-refractivity contribution in [2.45, 2.75) is 52.4 Å². The molecule has 5 nitrogen and oxygen atoms in total. The Bertz CT molecular complexity index is 623. The summed E-state index contributed by atoms with van der Waals surface area (Å²) in [4.78, 5) is 22.4. The van der Waals surface area contributed by atoms with E-state index in [9.17, 15) is 9.59 Å². The maximum Gasteiger partial charge on any atom is 0.330 e. The number of aliphatic hydroxyl groups is 1. The minimum atomic E-state index is -0.540. The largest absolute Gasteiger partial charge is 0.464 e. The fourth-order valence-corrected chi connectivity index (χ4v) is 2.22. The Kier molecular flexibility index (Phi) is 8.79. The summed E-state index contributed by atoms with van der Waals surface area (Å²) in [6, 6.07) is 7.53. The maximum absolute atomic E-state index is 11.7. The van der Waals surface area contributed by atoms with Gasteiger partial charge in [-0.15, -0.1) is 0 Å². The predicted octanol–water partition coefficient (Wildman–Crippen LogP) is 3.66. The van der Waals surface area contributed by atoms with Crippen molar-refractivity contribution in [2.75, 3.05) is 0 Å². The molecule has 142 valence electrons. The Balaban J connectivity index is 2.65. The predicted molar refractivity (Wildman–Crippen MR) is 101 cm³/mol. The van der Waals surface area contributed by atoms with Gasteiger partial charge in [-0.1, -0.05) is 49.4 Å². The molecule has 1 N–H and O–H groups in total. The van der Waals surface area contributed by atoms with Crippen molar-refractivity contribution in [3.63, 3.8) is 0 Å². The first-order valence-electron chi connectivity index (χ1n) is 8.62. The fraction of sp³-hybridized carbons (Fsp3) is 0.429. The van der Waals surface area contributed by atoms with Crippen LogP contribution in [0.4, 0.5) is 0 Å². The molecule has 0 bridgehead atoms. The molecular formula is C21H28O5. The molecular weight excluding hydrogens is 332 g/mol. The van der Waals surface area contributed by atoms with Crippen LogP contribution in [0.25, 0.3) is 6.08 Å². The highest BCUT2D eigenvalue weighted by atomic mass is 16.6. The molecule has 0 saturated carbocycles. The van der Waals surface area contributed by atoms with Gasteiger partial charge in [0.05, 0.1) is 6.61 Å². The van der Waals surface area contributed by atoms with E-state index in [4.69, 9.17) is 14.6 Å². The molecule has 1 aromatic carbocycles. The van der Waals surface area contributed by atoms with E-state index in [1.807, 2.05) is 43.3 Å². The van der Waals surface area contributed by atoms with Crippen LogP contribution in [0.5, 0.6) is 0 Å².